The second kappa shape index (κ2) is 8.77. The highest BCUT2D eigenvalue weighted by molar-refractivity contribution is 5.92. The number of carbonyl (C=O) groups excluding carboxylic acids is 3. The molecule has 0 aliphatic carbocycles. The van der Waals surface area contributed by atoms with Crippen molar-refractivity contribution in [2.75, 3.05) is 32.1 Å². The van der Waals surface area contributed by atoms with Crippen molar-refractivity contribution in [1.29, 1.82) is 0 Å². The summed E-state index contributed by atoms with van der Waals surface area (Å²) >= 11 is 0. The van der Waals surface area contributed by atoms with Crippen LogP contribution >= 0.6 is 0 Å². The lowest BCUT2D eigenvalue weighted by atomic mass is 10.2. The van der Waals surface area contributed by atoms with Gasteiger partial charge in [0.15, 0.2) is 6.61 Å². The summed E-state index contributed by atoms with van der Waals surface area (Å²) < 4.78 is 4.93. The quantitative estimate of drug-likeness (QED) is 0.716. The average molecular weight is 321 g/mol. The lowest BCUT2D eigenvalue weighted by Gasteiger charge is -2.14. The molecule has 0 aromatic heterocycles. The Hall–Kier alpha value is -2.57. The Morgan fingerprint density at radius 1 is 1.17 bits per heavy atom. The fourth-order valence-corrected chi connectivity index (χ4v) is 1.79. The van der Waals surface area contributed by atoms with E-state index in [-0.39, 0.29) is 5.91 Å². The Morgan fingerprint density at radius 3 is 2.30 bits per heavy atom. The number of likely N-dealkylation sites (N-methyl/N-ethyl adjacent to an activating group) is 1. The van der Waals surface area contributed by atoms with Gasteiger partial charge in [0, 0.05) is 26.3 Å². The van der Waals surface area contributed by atoms with Crippen LogP contribution in [0, 0.1) is 0 Å². The number of rotatable bonds is 7. The van der Waals surface area contributed by atoms with Gasteiger partial charge in [0.25, 0.3) is 5.91 Å². The molecular weight excluding hydrogens is 298 g/mol. The van der Waals surface area contributed by atoms with Crippen LogP contribution in [0.15, 0.2) is 24.3 Å². The van der Waals surface area contributed by atoms with Gasteiger partial charge in [0.05, 0.1) is 5.56 Å². The van der Waals surface area contributed by atoms with Gasteiger partial charge >= 0.3 is 5.97 Å². The van der Waals surface area contributed by atoms with Crippen molar-refractivity contribution in [3.63, 3.8) is 0 Å². The second-order valence-corrected chi connectivity index (χ2v) is 5.20. The molecule has 126 valence electrons. The van der Waals surface area contributed by atoms with Gasteiger partial charge < -0.3 is 20.3 Å². The number of anilines is 1. The van der Waals surface area contributed by atoms with Crippen molar-refractivity contribution >= 4 is 23.5 Å². The molecule has 0 spiro atoms. The molecule has 0 heterocycles. The number of amides is 2. The minimum Gasteiger partial charge on any atom is -0.452 e. The highest BCUT2D eigenvalue weighted by Crippen LogP contribution is 2.12. The summed E-state index contributed by atoms with van der Waals surface area (Å²) in [5, 5.41) is 5.05. The molecule has 2 N–H and O–H groups in total. The van der Waals surface area contributed by atoms with Gasteiger partial charge in [0.2, 0.25) is 5.91 Å². The normalized spacial score (nSPS) is 11.3. The first-order valence-electron chi connectivity index (χ1n) is 7.36. The van der Waals surface area contributed by atoms with Crippen LogP contribution in [0.1, 0.15) is 24.2 Å². The van der Waals surface area contributed by atoms with Gasteiger partial charge in [0.1, 0.15) is 6.04 Å². The van der Waals surface area contributed by atoms with E-state index in [4.69, 9.17) is 4.74 Å². The van der Waals surface area contributed by atoms with Crippen LogP contribution in [0.4, 0.5) is 5.69 Å². The van der Waals surface area contributed by atoms with Crippen molar-refractivity contribution in [1.82, 2.24) is 10.6 Å². The van der Waals surface area contributed by atoms with Gasteiger partial charge in [-0.25, -0.2) is 4.79 Å². The first kappa shape index (κ1) is 18.5. The number of nitrogens with zero attached hydrogens (tertiary/aromatic N) is 1. The third kappa shape index (κ3) is 5.98. The molecule has 0 saturated carbocycles. The SMILES string of the molecule is CCNC(=O)[C@H](C)NC(=O)COC(=O)c1ccc(N(C)C)cc1. The number of ether oxygens (including phenoxy) is 1. The number of benzene rings is 1. The molecule has 1 aromatic rings. The van der Waals surface area contributed by atoms with Gasteiger partial charge in [-0.1, -0.05) is 0 Å². The van der Waals surface area contributed by atoms with Crippen molar-refractivity contribution in [2.45, 2.75) is 19.9 Å². The molecule has 0 unspecified atom stereocenters. The van der Waals surface area contributed by atoms with Crippen molar-refractivity contribution in [2.24, 2.45) is 0 Å². The Balaban J connectivity index is 2.46. The highest BCUT2D eigenvalue weighted by Gasteiger charge is 2.16. The zero-order chi connectivity index (χ0) is 17.4. The lowest BCUT2D eigenvalue weighted by Crippen LogP contribution is -2.46. The highest BCUT2D eigenvalue weighted by atomic mass is 16.5. The molecule has 0 aliphatic heterocycles. The summed E-state index contributed by atoms with van der Waals surface area (Å²) in [6.07, 6.45) is 0. The fourth-order valence-electron chi connectivity index (χ4n) is 1.79. The van der Waals surface area contributed by atoms with Crippen molar-refractivity contribution in [3.05, 3.63) is 29.8 Å². The molecule has 0 radical (unpaired) electrons. The van der Waals surface area contributed by atoms with Gasteiger partial charge in [-0.05, 0) is 38.1 Å². The Bertz CT molecular complexity index is 555. The van der Waals surface area contributed by atoms with Crippen LogP contribution in [0.3, 0.4) is 0 Å². The predicted octanol–water partition coefficient (Wildman–Crippen LogP) is 0.550. The van der Waals surface area contributed by atoms with E-state index in [9.17, 15) is 14.4 Å². The van der Waals surface area contributed by atoms with E-state index in [1.54, 1.807) is 38.1 Å². The van der Waals surface area contributed by atoms with Crippen LogP contribution in [0.2, 0.25) is 0 Å². The van der Waals surface area contributed by atoms with Crippen LogP contribution in [0.25, 0.3) is 0 Å². The maximum absolute atomic E-state index is 11.9. The number of hydrogen-bond donors (Lipinski definition) is 2. The third-order valence-electron chi connectivity index (χ3n) is 3.08. The molecular formula is C16H23N3O4. The molecule has 23 heavy (non-hydrogen) atoms. The molecule has 0 bridgehead atoms. The summed E-state index contributed by atoms with van der Waals surface area (Å²) in [6, 6.07) is 6.15. The summed E-state index contributed by atoms with van der Waals surface area (Å²) in [6.45, 7) is 3.40. The van der Waals surface area contributed by atoms with Gasteiger partial charge in [-0.15, -0.1) is 0 Å². The third-order valence-corrected chi connectivity index (χ3v) is 3.08. The molecule has 0 saturated heterocycles. The minimum atomic E-state index is -0.680. The molecule has 0 fully saturated rings. The number of nitrogens with one attached hydrogen (secondary N) is 2. The van der Waals surface area contributed by atoms with E-state index in [2.05, 4.69) is 10.6 Å². The zero-order valence-corrected chi connectivity index (χ0v) is 13.9. The van der Waals surface area contributed by atoms with E-state index in [1.807, 2.05) is 19.0 Å². The summed E-state index contributed by atoms with van der Waals surface area (Å²) in [5.74, 6) is -1.40. The standard InChI is InChI=1S/C16H23N3O4/c1-5-17-15(21)11(2)18-14(20)10-23-16(22)12-6-8-13(9-7-12)19(3)4/h6-9,11H,5,10H2,1-4H3,(H,17,21)(H,18,20)/t11-/m0/s1. The Kier molecular flexibility index (Phi) is 7.05. The topological polar surface area (TPSA) is 87.7 Å². The summed E-state index contributed by atoms with van der Waals surface area (Å²) in [4.78, 5) is 36.9. The van der Waals surface area contributed by atoms with E-state index < -0.39 is 24.5 Å². The van der Waals surface area contributed by atoms with Crippen molar-refractivity contribution < 1.29 is 19.1 Å². The molecule has 7 nitrogen and oxygen atoms in total. The van der Waals surface area contributed by atoms with Crippen molar-refractivity contribution in [3.8, 4) is 0 Å². The van der Waals surface area contributed by atoms with E-state index in [0.717, 1.165) is 5.69 Å². The Morgan fingerprint density at radius 2 is 1.78 bits per heavy atom. The molecule has 7 heteroatoms. The number of esters is 1. The van der Waals surface area contributed by atoms with Crippen LogP contribution in [-0.2, 0) is 14.3 Å². The maximum atomic E-state index is 11.9. The Labute approximate surface area is 136 Å². The first-order chi connectivity index (χ1) is 10.8. The lowest BCUT2D eigenvalue weighted by molar-refractivity contribution is -0.130. The van der Waals surface area contributed by atoms with E-state index in [1.165, 1.54) is 0 Å². The number of carbonyl (C=O) groups is 3. The predicted molar refractivity (Wildman–Crippen MR) is 87.3 cm³/mol. The smallest absolute Gasteiger partial charge is 0.338 e. The molecule has 1 aromatic carbocycles. The minimum absolute atomic E-state index is 0.286. The maximum Gasteiger partial charge on any atom is 0.338 e. The van der Waals surface area contributed by atoms with Gasteiger partial charge in [-0.2, -0.15) is 0 Å². The van der Waals surface area contributed by atoms with Crippen LogP contribution in [-0.4, -0.2) is 51.1 Å². The van der Waals surface area contributed by atoms with E-state index >= 15 is 0 Å². The summed E-state index contributed by atoms with van der Waals surface area (Å²) in [7, 11) is 3.79. The monoisotopic (exact) mass is 321 g/mol. The second-order valence-electron chi connectivity index (χ2n) is 5.20. The molecule has 1 atom stereocenters. The summed E-state index contributed by atoms with van der Waals surface area (Å²) in [5.41, 5.74) is 1.32. The molecule has 0 aliphatic rings. The van der Waals surface area contributed by atoms with Gasteiger partial charge in [-0.3, -0.25) is 9.59 Å². The van der Waals surface area contributed by atoms with Crippen LogP contribution < -0.4 is 15.5 Å². The van der Waals surface area contributed by atoms with E-state index in [0.29, 0.717) is 12.1 Å². The number of hydrogen-bond acceptors (Lipinski definition) is 5. The fraction of sp³-hybridized carbons (Fsp3) is 0.438. The largest absolute Gasteiger partial charge is 0.452 e. The average Bonchev–Trinajstić information content (AvgIpc) is 2.52. The zero-order valence-electron chi connectivity index (χ0n) is 13.9. The molecule has 1 rings (SSSR count). The molecule has 2 amide bonds. The van der Waals surface area contributed by atoms with Crippen LogP contribution in [0.5, 0.6) is 0 Å². The first-order valence-corrected chi connectivity index (χ1v) is 7.36.